The summed E-state index contributed by atoms with van der Waals surface area (Å²) >= 11 is 0. The minimum Gasteiger partial charge on any atom is -0.489 e. The summed E-state index contributed by atoms with van der Waals surface area (Å²) in [6.07, 6.45) is -0.0894. The van der Waals surface area contributed by atoms with Gasteiger partial charge in [0.25, 0.3) is 0 Å². The first-order chi connectivity index (χ1) is 14.6. The zero-order chi connectivity index (χ0) is 21.2. The summed E-state index contributed by atoms with van der Waals surface area (Å²) < 4.78 is 24.2. The highest BCUT2D eigenvalue weighted by Crippen LogP contribution is 2.13. The zero-order valence-electron chi connectivity index (χ0n) is 17.7. The zero-order valence-corrected chi connectivity index (χ0v) is 17.7. The van der Waals surface area contributed by atoms with Crippen LogP contribution in [0.25, 0.3) is 0 Å². The molecule has 0 bridgehead atoms. The molecule has 1 atom stereocenters. The van der Waals surface area contributed by atoms with Crippen LogP contribution in [-0.4, -0.2) is 56.9 Å². The molecule has 6 nitrogen and oxygen atoms in total. The number of hydrogen-bond acceptors (Lipinski definition) is 4. The lowest BCUT2D eigenvalue weighted by Gasteiger charge is -2.26. The van der Waals surface area contributed by atoms with Crippen LogP contribution in [0.2, 0.25) is 0 Å². The second kappa shape index (κ2) is 11.5. The summed E-state index contributed by atoms with van der Waals surface area (Å²) in [6, 6.07) is 14.7. The number of halogens is 1. The highest BCUT2D eigenvalue weighted by molar-refractivity contribution is 5.79. The van der Waals surface area contributed by atoms with E-state index in [1.54, 1.807) is 19.2 Å². The molecule has 1 unspecified atom stereocenters. The largest absolute Gasteiger partial charge is 0.489 e. The Balaban J connectivity index is 1.39. The quantitative estimate of drug-likeness (QED) is 0.514. The van der Waals surface area contributed by atoms with Crippen LogP contribution in [0.15, 0.2) is 53.5 Å². The Labute approximate surface area is 178 Å². The topological polar surface area (TPSA) is 58.1 Å². The summed E-state index contributed by atoms with van der Waals surface area (Å²) in [7, 11) is 1.74. The van der Waals surface area contributed by atoms with Gasteiger partial charge in [-0.25, -0.2) is 4.39 Å². The number of benzene rings is 2. The highest BCUT2D eigenvalue weighted by atomic mass is 19.1. The fraction of sp³-hybridized carbons (Fsp3) is 0.435. The lowest BCUT2D eigenvalue weighted by Crippen LogP contribution is -2.41. The predicted octanol–water partition coefficient (Wildman–Crippen LogP) is 2.79. The van der Waals surface area contributed by atoms with Crippen molar-refractivity contribution in [2.24, 2.45) is 4.99 Å². The Morgan fingerprint density at radius 2 is 1.73 bits per heavy atom. The summed E-state index contributed by atoms with van der Waals surface area (Å²) in [4.78, 5) is 6.67. The SMILES string of the molecule is CN=C(NCc1ccc(CN2CCOCC2)cc1)NCC(C)Oc1ccc(F)cc1. The Hall–Kier alpha value is -2.64. The first kappa shape index (κ1) is 22.1. The summed E-state index contributed by atoms with van der Waals surface area (Å²) in [6.45, 7) is 7.82. The van der Waals surface area contributed by atoms with Gasteiger partial charge in [0.2, 0.25) is 0 Å². The molecule has 1 saturated heterocycles. The van der Waals surface area contributed by atoms with E-state index in [-0.39, 0.29) is 11.9 Å². The van der Waals surface area contributed by atoms with Crippen LogP contribution < -0.4 is 15.4 Å². The first-order valence-electron chi connectivity index (χ1n) is 10.4. The molecule has 1 fully saturated rings. The Kier molecular flexibility index (Phi) is 8.47. The van der Waals surface area contributed by atoms with Crippen LogP contribution in [0.3, 0.4) is 0 Å². The number of aliphatic imine (C=N–C) groups is 1. The number of nitrogens with zero attached hydrogens (tertiary/aromatic N) is 2. The number of hydrogen-bond donors (Lipinski definition) is 2. The average molecular weight is 415 g/mol. The number of guanidine groups is 1. The Bertz CT molecular complexity index is 790. The van der Waals surface area contributed by atoms with Crippen LogP contribution >= 0.6 is 0 Å². The van der Waals surface area contributed by atoms with Crippen molar-refractivity contribution in [2.45, 2.75) is 26.1 Å². The third kappa shape index (κ3) is 7.31. The van der Waals surface area contributed by atoms with E-state index in [1.807, 2.05) is 6.92 Å². The summed E-state index contributed by atoms with van der Waals surface area (Å²) in [5, 5.41) is 6.58. The molecule has 0 radical (unpaired) electrons. The number of ether oxygens (including phenoxy) is 2. The molecule has 30 heavy (non-hydrogen) atoms. The van der Waals surface area contributed by atoms with Gasteiger partial charge in [0, 0.05) is 33.2 Å². The van der Waals surface area contributed by atoms with Crippen molar-refractivity contribution in [2.75, 3.05) is 39.9 Å². The minimum atomic E-state index is -0.271. The van der Waals surface area contributed by atoms with Crippen molar-refractivity contribution in [3.8, 4) is 5.75 Å². The third-order valence-corrected chi connectivity index (χ3v) is 4.92. The maximum absolute atomic E-state index is 13.0. The van der Waals surface area contributed by atoms with E-state index in [2.05, 4.69) is 44.8 Å². The Morgan fingerprint density at radius 1 is 1.07 bits per heavy atom. The van der Waals surface area contributed by atoms with Crippen molar-refractivity contribution < 1.29 is 13.9 Å². The molecular weight excluding hydrogens is 383 g/mol. The molecular formula is C23H31FN4O2. The maximum Gasteiger partial charge on any atom is 0.191 e. The summed E-state index contributed by atoms with van der Waals surface area (Å²) in [5.41, 5.74) is 2.51. The van der Waals surface area contributed by atoms with Crippen LogP contribution in [0, 0.1) is 5.82 Å². The average Bonchev–Trinajstić information content (AvgIpc) is 2.77. The molecule has 1 heterocycles. The molecule has 2 aromatic carbocycles. The van der Waals surface area contributed by atoms with E-state index in [9.17, 15) is 4.39 Å². The molecule has 3 rings (SSSR count). The van der Waals surface area contributed by atoms with Crippen LogP contribution in [0.5, 0.6) is 5.75 Å². The van der Waals surface area contributed by atoms with Gasteiger partial charge in [-0.2, -0.15) is 0 Å². The number of rotatable bonds is 8. The molecule has 0 spiro atoms. The highest BCUT2D eigenvalue weighted by Gasteiger charge is 2.10. The minimum absolute atomic E-state index is 0.0894. The second-order valence-corrected chi connectivity index (χ2v) is 7.39. The van der Waals surface area contributed by atoms with E-state index < -0.39 is 0 Å². The second-order valence-electron chi connectivity index (χ2n) is 7.39. The molecule has 162 valence electrons. The molecule has 1 aliphatic rings. The van der Waals surface area contributed by atoms with E-state index >= 15 is 0 Å². The molecule has 2 N–H and O–H groups in total. The first-order valence-corrected chi connectivity index (χ1v) is 10.4. The lowest BCUT2D eigenvalue weighted by molar-refractivity contribution is 0.0342. The Morgan fingerprint density at radius 3 is 2.40 bits per heavy atom. The van der Waals surface area contributed by atoms with Crippen molar-refractivity contribution in [3.05, 3.63) is 65.5 Å². The van der Waals surface area contributed by atoms with Crippen LogP contribution in [0.1, 0.15) is 18.1 Å². The van der Waals surface area contributed by atoms with E-state index in [0.717, 1.165) is 32.8 Å². The van der Waals surface area contributed by atoms with Crippen molar-refractivity contribution in [3.63, 3.8) is 0 Å². The number of nitrogens with one attached hydrogen (secondary N) is 2. The van der Waals surface area contributed by atoms with Crippen molar-refractivity contribution in [1.29, 1.82) is 0 Å². The van der Waals surface area contributed by atoms with Gasteiger partial charge >= 0.3 is 0 Å². The smallest absolute Gasteiger partial charge is 0.191 e. The number of morpholine rings is 1. The van der Waals surface area contributed by atoms with Gasteiger partial charge in [0.1, 0.15) is 17.7 Å². The molecule has 0 amide bonds. The van der Waals surface area contributed by atoms with E-state index in [4.69, 9.17) is 9.47 Å². The van der Waals surface area contributed by atoms with Crippen molar-refractivity contribution in [1.82, 2.24) is 15.5 Å². The molecule has 1 aliphatic heterocycles. The monoisotopic (exact) mass is 414 g/mol. The molecule has 0 aromatic heterocycles. The predicted molar refractivity (Wildman–Crippen MR) is 117 cm³/mol. The van der Waals surface area contributed by atoms with Gasteiger partial charge in [0.05, 0.1) is 19.8 Å². The summed E-state index contributed by atoms with van der Waals surface area (Å²) in [5.74, 6) is 1.08. The van der Waals surface area contributed by atoms with Crippen LogP contribution in [-0.2, 0) is 17.8 Å². The standard InChI is InChI=1S/C23H31FN4O2/c1-18(30-22-9-7-21(24)8-10-22)15-26-23(25-2)27-16-19-3-5-20(6-4-19)17-28-11-13-29-14-12-28/h3-10,18H,11-17H2,1-2H3,(H2,25,26,27). The fourth-order valence-corrected chi connectivity index (χ4v) is 3.21. The van der Waals surface area contributed by atoms with Gasteiger partial charge in [-0.1, -0.05) is 24.3 Å². The molecule has 0 aliphatic carbocycles. The van der Waals surface area contributed by atoms with Crippen LogP contribution in [0.4, 0.5) is 4.39 Å². The fourth-order valence-electron chi connectivity index (χ4n) is 3.21. The van der Waals surface area contributed by atoms with Gasteiger partial charge in [-0.15, -0.1) is 0 Å². The van der Waals surface area contributed by atoms with E-state index in [0.29, 0.717) is 24.8 Å². The van der Waals surface area contributed by atoms with Gasteiger partial charge in [-0.3, -0.25) is 9.89 Å². The molecule has 0 saturated carbocycles. The van der Waals surface area contributed by atoms with Gasteiger partial charge in [-0.05, 0) is 42.3 Å². The van der Waals surface area contributed by atoms with E-state index in [1.165, 1.54) is 23.3 Å². The molecule has 2 aromatic rings. The van der Waals surface area contributed by atoms with Gasteiger partial charge in [0.15, 0.2) is 5.96 Å². The lowest BCUT2D eigenvalue weighted by atomic mass is 10.1. The normalized spacial score (nSPS) is 16.2. The third-order valence-electron chi connectivity index (χ3n) is 4.92. The molecule has 7 heteroatoms. The maximum atomic E-state index is 13.0. The van der Waals surface area contributed by atoms with Crippen molar-refractivity contribution >= 4 is 5.96 Å². The van der Waals surface area contributed by atoms with Gasteiger partial charge < -0.3 is 20.1 Å².